The van der Waals surface area contributed by atoms with Gasteiger partial charge < -0.3 is 0 Å². The van der Waals surface area contributed by atoms with Gasteiger partial charge >= 0.3 is 140 Å². The van der Waals surface area contributed by atoms with Gasteiger partial charge in [-0.15, -0.1) is 0 Å². The van der Waals surface area contributed by atoms with Crippen molar-refractivity contribution in [2.75, 3.05) is 0 Å². The molecule has 1 fully saturated rings. The molecule has 5 heteroatoms. The first kappa shape index (κ1) is 18.2. The summed E-state index contributed by atoms with van der Waals surface area (Å²) in [5.74, 6) is 0.657. The van der Waals surface area contributed by atoms with Crippen LogP contribution >= 0.6 is 0 Å². The predicted molar refractivity (Wildman–Crippen MR) is 89.2 cm³/mol. The molecule has 0 amide bonds. The van der Waals surface area contributed by atoms with Gasteiger partial charge in [-0.25, -0.2) is 0 Å². The topological polar surface area (TPSA) is 60.4 Å². The molecule has 1 aliphatic rings. The van der Waals surface area contributed by atoms with E-state index < -0.39 is 24.0 Å². The van der Waals surface area contributed by atoms with Crippen LogP contribution in [-0.4, -0.2) is 24.8 Å². The summed E-state index contributed by atoms with van der Waals surface area (Å²) in [4.78, 5) is 12.2. The van der Waals surface area contributed by atoms with Gasteiger partial charge in [0.25, 0.3) is 0 Å². The van der Waals surface area contributed by atoms with Gasteiger partial charge in [0.2, 0.25) is 0 Å². The van der Waals surface area contributed by atoms with Gasteiger partial charge in [0.15, 0.2) is 0 Å². The average molecular weight is 385 g/mol. The van der Waals surface area contributed by atoms with Gasteiger partial charge in [-0.05, 0) is 0 Å². The van der Waals surface area contributed by atoms with E-state index in [4.69, 9.17) is 4.74 Å². The number of benzene rings is 1. The van der Waals surface area contributed by atoms with E-state index in [-0.39, 0.29) is 10.6 Å². The van der Waals surface area contributed by atoms with Gasteiger partial charge in [0.05, 0.1) is 0 Å². The monoisotopic (exact) mass is 386 g/mol. The van der Waals surface area contributed by atoms with Crippen LogP contribution < -0.4 is 4.46 Å². The molecule has 3 atom stereocenters. The van der Waals surface area contributed by atoms with Crippen molar-refractivity contribution in [1.29, 1.82) is 0 Å². The average Bonchev–Trinajstić information content (AvgIpc) is 2.47. The summed E-state index contributed by atoms with van der Waals surface area (Å²) in [7, 11) is 0. The Balaban J connectivity index is 2.03. The van der Waals surface area contributed by atoms with E-state index in [2.05, 4.69) is 20.8 Å². The summed E-state index contributed by atoms with van der Waals surface area (Å²) in [6.07, 6.45) is 2.85. The Bertz CT molecular complexity index is 622. The van der Waals surface area contributed by atoms with Gasteiger partial charge in [0, 0.05) is 0 Å². The number of carbonyl (C=O) groups is 1. The Morgan fingerprint density at radius 1 is 1.22 bits per heavy atom. The molecule has 4 nitrogen and oxygen atoms in total. The normalized spacial score (nSPS) is 25.3. The molecule has 0 N–H and O–H groups in total. The number of carbonyl (C=O) groups excluding carboxylic acids is 1. The SMILES string of the molecule is CC(C)[C@@H]1CC[C@@H](C)C[C@H]1OC(=O)C[Se](=O)(=O)c1ccccc1. The Kier molecular flexibility index (Phi) is 5.99. The molecular formula is C18H26O4Se. The van der Waals surface area contributed by atoms with E-state index in [9.17, 15) is 12.5 Å². The second-order valence-electron chi connectivity index (χ2n) is 6.93. The molecule has 1 aliphatic carbocycles. The first-order valence-electron chi connectivity index (χ1n) is 8.27. The van der Waals surface area contributed by atoms with Crippen LogP contribution in [0.15, 0.2) is 30.3 Å². The third-order valence-electron chi connectivity index (χ3n) is 4.65. The minimum atomic E-state index is -4.47. The Hall–Kier alpha value is -1.19. The van der Waals surface area contributed by atoms with Crippen LogP contribution in [0.25, 0.3) is 0 Å². The molecule has 0 spiro atoms. The quantitative estimate of drug-likeness (QED) is 0.577. The molecule has 0 radical (unpaired) electrons. The summed E-state index contributed by atoms with van der Waals surface area (Å²) in [6, 6.07) is 8.16. The fraction of sp³-hybridized carbons (Fsp3) is 0.611. The van der Waals surface area contributed by atoms with E-state index in [1.165, 1.54) is 12.1 Å². The van der Waals surface area contributed by atoms with Crippen LogP contribution in [-0.2, 0) is 17.2 Å². The molecular weight excluding hydrogens is 359 g/mol. The third-order valence-corrected chi connectivity index (χ3v) is 8.02. The summed E-state index contributed by atoms with van der Waals surface area (Å²) in [5, 5.41) is -0.518. The first-order chi connectivity index (χ1) is 10.8. The second-order valence-corrected chi connectivity index (χ2v) is 11.1. The van der Waals surface area contributed by atoms with Crippen molar-refractivity contribution in [2.24, 2.45) is 17.8 Å². The van der Waals surface area contributed by atoms with Crippen molar-refractivity contribution in [2.45, 2.75) is 51.5 Å². The maximum atomic E-state index is 12.3. The summed E-state index contributed by atoms with van der Waals surface area (Å²) >= 11 is -4.47. The molecule has 0 unspecified atom stereocenters. The predicted octanol–water partition coefficient (Wildman–Crippen LogP) is 3.20. The molecule has 0 heterocycles. The van der Waals surface area contributed by atoms with Crippen molar-refractivity contribution < 1.29 is 17.2 Å². The van der Waals surface area contributed by atoms with E-state index in [1.54, 1.807) is 18.2 Å². The van der Waals surface area contributed by atoms with Gasteiger partial charge in [-0.3, -0.25) is 0 Å². The number of rotatable bonds is 5. The van der Waals surface area contributed by atoms with E-state index >= 15 is 0 Å². The van der Waals surface area contributed by atoms with Crippen molar-refractivity contribution in [1.82, 2.24) is 0 Å². The van der Waals surface area contributed by atoms with Crippen LogP contribution in [0.5, 0.6) is 0 Å². The van der Waals surface area contributed by atoms with Crippen LogP contribution in [0.4, 0.5) is 0 Å². The molecule has 23 heavy (non-hydrogen) atoms. The van der Waals surface area contributed by atoms with Crippen LogP contribution in [0.2, 0.25) is 5.32 Å². The minimum absolute atomic E-state index is 0.158. The third kappa shape index (κ3) is 4.89. The Labute approximate surface area is 140 Å². The molecule has 0 aliphatic heterocycles. The zero-order chi connectivity index (χ0) is 17.0. The number of hydrogen-bond donors (Lipinski definition) is 0. The van der Waals surface area contributed by atoms with Crippen LogP contribution in [0.3, 0.4) is 0 Å². The molecule has 1 aromatic carbocycles. The van der Waals surface area contributed by atoms with E-state index in [1.807, 2.05) is 0 Å². The van der Waals surface area contributed by atoms with Crippen LogP contribution in [0, 0.1) is 17.8 Å². The number of hydrogen-bond acceptors (Lipinski definition) is 4. The van der Waals surface area contributed by atoms with Gasteiger partial charge in [0.1, 0.15) is 0 Å². The summed E-state index contributed by atoms with van der Waals surface area (Å²) < 4.78 is 30.5. The zero-order valence-electron chi connectivity index (χ0n) is 14.1. The van der Waals surface area contributed by atoms with E-state index in [0.717, 1.165) is 19.3 Å². The zero-order valence-corrected chi connectivity index (χ0v) is 15.8. The Morgan fingerprint density at radius 3 is 2.48 bits per heavy atom. The molecule has 2 rings (SSSR count). The molecule has 0 bridgehead atoms. The van der Waals surface area contributed by atoms with Crippen molar-refractivity contribution in [3.63, 3.8) is 0 Å². The maximum absolute atomic E-state index is 12.3. The molecule has 128 valence electrons. The van der Waals surface area contributed by atoms with Gasteiger partial charge in [-0.2, -0.15) is 0 Å². The van der Waals surface area contributed by atoms with Crippen molar-refractivity contribution in [3.8, 4) is 0 Å². The van der Waals surface area contributed by atoms with E-state index in [0.29, 0.717) is 17.8 Å². The number of esters is 1. The number of ether oxygens (including phenoxy) is 1. The summed E-state index contributed by atoms with van der Waals surface area (Å²) in [5.41, 5.74) is 0. The standard InChI is InChI=1S/C18H26O4Se/c1-13(2)16-10-9-14(3)11-17(16)22-18(19)12-23(20,21)15-7-5-4-6-8-15/h4-8,13-14,16-17H,9-12H2,1-3H3/t14-,16+,17-/m1/s1. The molecule has 1 aromatic rings. The van der Waals surface area contributed by atoms with Crippen molar-refractivity contribution in [3.05, 3.63) is 30.3 Å². The fourth-order valence-electron chi connectivity index (χ4n) is 3.32. The fourth-order valence-corrected chi connectivity index (χ4v) is 5.66. The Morgan fingerprint density at radius 2 is 1.87 bits per heavy atom. The second kappa shape index (κ2) is 7.59. The molecule has 0 saturated heterocycles. The van der Waals surface area contributed by atoms with Crippen LogP contribution in [0.1, 0.15) is 40.0 Å². The molecule has 0 aromatic heterocycles. The van der Waals surface area contributed by atoms with Crippen molar-refractivity contribution >= 4 is 23.1 Å². The molecule has 1 saturated carbocycles. The van der Waals surface area contributed by atoms with Gasteiger partial charge in [-0.1, -0.05) is 0 Å². The first-order valence-corrected chi connectivity index (χ1v) is 11.7. The summed E-state index contributed by atoms with van der Waals surface area (Å²) in [6.45, 7) is 6.42.